The van der Waals surface area contributed by atoms with Crippen molar-refractivity contribution in [3.8, 4) is 0 Å². The van der Waals surface area contributed by atoms with Gasteiger partial charge in [0.25, 0.3) is 0 Å². The summed E-state index contributed by atoms with van der Waals surface area (Å²) in [6.45, 7) is 6.56. The Labute approximate surface area is 92.1 Å². The third-order valence-electron chi connectivity index (χ3n) is 3.28. The number of rotatable bonds is 4. The first-order chi connectivity index (χ1) is 7.31. The molecule has 0 bridgehead atoms. The zero-order valence-electron chi connectivity index (χ0n) is 9.45. The first kappa shape index (κ1) is 10.7. The van der Waals surface area contributed by atoms with Gasteiger partial charge in [-0.2, -0.15) is 0 Å². The van der Waals surface area contributed by atoms with Crippen LogP contribution in [0, 0.1) is 5.92 Å². The van der Waals surface area contributed by atoms with Gasteiger partial charge in [0.2, 0.25) is 0 Å². The van der Waals surface area contributed by atoms with Crippen LogP contribution in [0.25, 0.3) is 0 Å². The summed E-state index contributed by atoms with van der Waals surface area (Å²) in [4.78, 5) is 2.51. The number of nitrogens with zero attached hydrogens (tertiary/aromatic N) is 1. The third-order valence-corrected chi connectivity index (χ3v) is 3.28. The van der Waals surface area contributed by atoms with Crippen molar-refractivity contribution in [3.05, 3.63) is 35.4 Å². The van der Waals surface area contributed by atoms with Gasteiger partial charge in [-0.05, 0) is 17.0 Å². The van der Waals surface area contributed by atoms with E-state index in [0.717, 1.165) is 12.5 Å². The third kappa shape index (κ3) is 2.58. The molecule has 1 aromatic carbocycles. The molecule has 0 spiro atoms. The maximum atomic E-state index is 5.56. The smallest absolute Gasteiger partial charge is 0.0233 e. The molecule has 1 aliphatic heterocycles. The molecule has 0 saturated carbocycles. The van der Waals surface area contributed by atoms with E-state index in [-0.39, 0.29) is 0 Å². The maximum absolute atomic E-state index is 5.56. The standard InChI is InChI=1S/C13H20N2/c1-2-11-8-15(9-11)10-13-5-3-12(7-14)4-6-13/h3-6,11H,2,7-10,14H2,1H3. The predicted molar refractivity (Wildman–Crippen MR) is 63.4 cm³/mol. The molecule has 1 heterocycles. The lowest BCUT2D eigenvalue weighted by molar-refractivity contribution is 0.0899. The summed E-state index contributed by atoms with van der Waals surface area (Å²) >= 11 is 0. The summed E-state index contributed by atoms with van der Waals surface area (Å²) < 4.78 is 0. The highest BCUT2D eigenvalue weighted by molar-refractivity contribution is 5.22. The van der Waals surface area contributed by atoms with Crippen molar-refractivity contribution in [2.24, 2.45) is 11.7 Å². The number of benzene rings is 1. The SMILES string of the molecule is CCC1CN(Cc2ccc(CN)cc2)C1. The molecule has 2 heteroatoms. The Bertz CT molecular complexity index is 299. The van der Waals surface area contributed by atoms with E-state index in [1.54, 1.807) is 0 Å². The Morgan fingerprint density at radius 1 is 1.20 bits per heavy atom. The van der Waals surface area contributed by atoms with Gasteiger partial charge in [0.05, 0.1) is 0 Å². The molecule has 1 aromatic rings. The molecule has 0 radical (unpaired) electrons. The zero-order valence-corrected chi connectivity index (χ0v) is 9.45. The summed E-state index contributed by atoms with van der Waals surface area (Å²) in [5, 5.41) is 0. The lowest BCUT2D eigenvalue weighted by Gasteiger charge is -2.38. The summed E-state index contributed by atoms with van der Waals surface area (Å²) in [7, 11) is 0. The van der Waals surface area contributed by atoms with Crippen molar-refractivity contribution in [3.63, 3.8) is 0 Å². The summed E-state index contributed by atoms with van der Waals surface area (Å²) in [6, 6.07) is 8.65. The molecule has 2 N–H and O–H groups in total. The van der Waals surface area contributed by atoms with Gasteiger partial charge in [0.1, 0.15) is 0 Å². The normalized spacial score (nSPS) is 17.7. The Balaban J connectivity index is 1.84. The van der Waals surface area contributed by atoms with Crippen LogP contribution < -0.4 is 5.73 Å². The summed E-state index contributed by atoms with van der Waals surface area (Å²) in [5.41, 5.74) is 8.19. The minimum absolute atomic E-state index is 0.641. The topological polar surface area (TPSA) is 29.3 Å². The fourth-order valence-electron chi connectivity index (χ4n) is 2.10. The van der Waals surface area contributed by atoms with Gasteiger partial charge in [-0.25, -0.2) is 0 Å². The van der Waals surface area contributed by atoms with Crippen LogP contribution in [0.5, 0.6) is 0 Å². The molecule has 0 aromatic heterocycles. The van der Waals surface area contributed by atoms with E-state index in [1.165, 1.54) is 30.6 Å². The lowest BCUT2D eigenvalue weighted by atomic mass is 9.96. The van der Waals surface area contributed by atoms with Gasteiger partial charge >= 0.3 is 0 Å². The first-order valence-electron chi connectivity index (χ1n) is 5.82. The maximum Gasteiger partial charge on any atom is 0.0233 e. The van der Waals surface area contributed by atoms with E-state index >= 15 is 0 Å². The van der Waals surface area contributed by atoms with Crippen LogP contribution in [-0.2, 0) is 13.1 Å². The van der Waals surface area contributed by atoms with Gasteiger partial charge in [0, 0.05) is 26.2 Å². The van der Waals surface area contributed by atoms with E-state index < -0.39 is 0 Å². The van der Waals surface area contributed by atoms with Gasteiger partial charge in [-0.3, -0.25) is 4.90 Å². The van der Waals surface area contributed by atoms with Gasteiger partial charge in [0.15, 0.2) is 0 Å². The Morgan fingerprint density at radius 2 is 1.80 bits per heavy atom. The van der Waals surface area contributed by atoms with E-state index in [0.29, 0.717) is 6.54 Å². The van der Waals surface area contributed by atoms with Crippen LogP contribution in [0.15, 0.2) is 24.3 Å². The fourth-order valence-corrected chi connectivity index (χ4v) is 2.10. The zero-order chi connectivity index (χ0) is 10.7. The van der Waals surface area contributed by atoms with E-state index in [9.17, 15) is 0 Å². The van der Waals surface area contributed by atoms with Crippen LogP contribution in [0.3, 0.4) is 0 Å². The Hall–Kier alpha value is -0.860. The van der Waals surface area contributed by atoms with Crippen molar-refractivity contribution >= 4 is 0 Å². The lowest BCUT2D eigenvalue weighted by Crippen LogP contribution is -2.45. The van der Waals surface area contributed by atoms with Crippen molar-refractivity contribution in [1.82, 2.24) is 4.90 Å². The van der Waals surface area contributed by atoms with Crippen molar-refractivity contribution in [2.75, 3.05) is 13.1 Å². The number of hydrogen-bond donors (Lipinski definition) is 1. The fraction of sp³-hybridized carbons (Fsp3) is 0.538. The van der Waals surface area contributed by atoms with Crippen molar-refractivity contribution in [2.45, 2.75) is 26.4 Å². The highest BCUT2D eigenvalue weighted by Crippen LogP contribution is 2.20. The monoisotopic (exact) mass is 204 g/mol. The molecule has 2 rings (SSSR count). The minimum Gasteiger partial charge on any atom is -0.326 e. The van der Waals surface area contributed by atoms with Gasteiger partial charge in [-0.1, -0.05) is 37.6 Å². The molecule has 82 valence electrons. The average Bonchev–Trinajstić information content (AvgIpc) is 2.23. The molecule has 1 aliphatic rings. The molecule has 0 atom stereocenters. The molecule has 0 unspecified atom stereocenters. The molecule has 1 fully saturated rings. The minimum atomic E-state index is 0.641. The van der Waals surface area contributed by atoms with E-state index in [4.69, 9.17) is 5.73 Å². The molecular weight excluding hydrogens is 184 g/mol. The highest BCUT2D eigenvalue weighted by atomic mass is 15.2. The largest absolute Gasteiger partial charge is 0.326 e. The van der Waals surface area contributed by atoms with E-state index in [1.807, 2.05) is 0 Å². The van der Waals surface area contributed by atoms with Crippen LogP contribution in [0.1, 0.15) is 24.5 Å². The Kier molecular flexibility index (Phi) is 3.39. The molecule has 2 nitrogen and oxygen atoms in total. The number of nitrogens with two attached hydrogens (primary N) is 1. The number of hydrogen-bond acceptors (Lipinski definition) is 2. The van der Waals surface area contributed by atoms with Crippen molar-refractivity contribution < 1.29 is 0 Å². The molecule has 0 aliphatic carbocycles. The molecular formula is C13H20N2. The van der Waals surface area contributed by atoms with Crippen LogP contribution in [0.4, 0.5) is 0 Å². The number of likely N-dealkylation sites (tertiary alicyclic amines) is 1. The van der Waals surface area contributed by atoms with Crippen LogP contribution in [0.2, 0.25) is 0 Å². The molecule has 0 amide bonds. The second kappa shape index (κ2) is 4.77. The summed E-state index contributed by atoms with van der Waals surface area (Å²) in [5.74, 6) is 0.938. The highest BCUT2D eigenvalue weighted by Gasteiger charge is 2.24. The van der Waals surface area contributed by atoms with Crippen LogP contribution in [-0.4, -0.2) is 18.0 Å². The van der Waals surface area contributed by atoms with E-state index in [2.05, 4.69) is 36.1 Å². The predicted octanol–water partition coefficient (Wildman–Crippen LogP) is 1.99. The second-order valence-corrected chi connectivity index (χ2v) is 4.49. The van der Waals surface area contributed by atoms with Gasteiger partial charge in [-0.15, -0.1) is 0 Å². The quantitative estimate of drug-likeness (QED) is 0.812. The second-order valence-electron chi connectivity index (χ2n) is 4.49. The molecule has 15 heavy (non-hydrogen) atoms. The first-order valence-corrected chi connectivity index (χ1v) is 5.82. The van der Waals surface area contributed by atoms with Gasteiger partial charge < -0.3 is 5.73 Å². The van der Waals surface area contributed by atoms with Crippen molar-refractivity contribution in [1.29, 1.82) is 0 Å². The molecule has 1 saturated heterocycles. The Morgan fingerprint density at radius 3 is 2.33 bits per heavy atom. The summed E-state index contributed by atoms with van der Waals surface area (Å²) in [6.07, 6.45) is 1.32. The average molecular weight is 204 g/mol. The van der Waals surface area contributed by atoms with Crippen LogP contribution >= 0.6 is 0 Å².